The van der Waals surface area contributed by atoms with Gasteiger partial charge < -0.3 is 29.7 Å². The van der Waals surface area contributed by atoms with Gasteiger partial charge in [-0.15, -0.1) is 0 Å². The Labute approximate surface area is 346 Å². The van der Waals surface area contributed by atoms with Crippen LogP contribution in [0, 0.1) is 5.92 Å². The molecule has 1 fully saturated rings. The van der Waals surface area contributed by atoms with E-state index >= 15 is 0 Å². The third-order valence-corrected chi connectivity index (χ3v) is 8.31. The highest BCUT2D eigenvalue weighted by atomic mass is 32.2. The Kier molecular flexibility index (Phi) is 24.5. The number of allylic oxidation sites excluding steroid dienone is 1. The third-order valence-electron chi connectivity index (χ3n) is 7.51. The molecule has 1 aliphatic rings. The van der Waals surface area contributed by atoms with E-state index in [0.29, 0.717) is 25.4 Å². The number of hydrogen-bond acceptors (Lipinski definition) is 10. The van der Waals surface area contributed by atoms with Crippen molar-refractivity contribution < 1.29 is 41.8 Å². The quantitative estimate of drug-likeness (QED) is 0.0659. The van der Waals surface area contributed by atoms with Gasteiger partial charge in [0.25, 0.3) is 10.1 Å². The van der Waals surface area contributed by atoms with Crippen LogP contribution in [0.25, 0.3) is 5.57 Å². The van der Waals surface area contributed by atoms with E-state index in [1.165, 1.54) is 24.7 Å². The number of ether oxygens (including phenoxy) is 3. The highest BCUT2D eigenvalue weighted by Gasteiger charge is 2.29. The molecule has 0 aromatic heterocycles. The first-order valence-electron chi connectivity index (χ1n) is 19.8. The highest BCUT2D eigenvalue weighted by molar-refractivity contribution is 7.86. The average molecular weight is 821 g/mol. The second kappa shape index (κ2) is 26.0. The van der Waals surface area contributed by atoms with Crippen molar-refractivity contribution in [2.24, 2.45) is 5.92 Å². The van der Waals surface area contributed by atoms with Gasteiger partial charge in [-0.05, 0) is 130 Å². The van der Waals surface area contributed by atoms with E-state index in [0.717, 1.165) is 47.3 Å². The molecule has 0 saturated carbocycles. The molecule has 3 rings (SSSR count). The Hall–Kier alpha value is -3.26. The van der Waals surface area contributed by atoms with Gasteiger partial charge in [-0.1, -0.05) is 56.7 Å². The predicted molar refractivity (Wildman–Crippen MR) is 234 cm³/mol. The zero-order valence-electron chi connectivity index (χ0n) is 37.5. The first kappa shape index (κ1) is 53.7. The molecule has 3 N–H and O–H groups in total. The summed E-state index contributed by atoms with van der Waals surface area (Å²) in [6.45, 7) is 33.6. The van der Waals surface area contributed by atoms with Gasteiger partial charge in [-0.25, -0.2) is 0 Å². The van der Waals surface area contributed by atoms with Crippen LogP contribution >= 0.6 is 0 Å². The molecule has 2 unspecified atom stereocenters. The molecule has 2 atom stereocenters. The van der Waals surface area contributed by atoms with Crippen molar-refractivity contribution in [1.29, 1.82) is 0 Å². The van der Waals surface area contributed by atoms with Gasteiger partial charge in [0.1, 0.15) is 24.2 Å². The number of carbonyl (C=O) groups is 1. The molecule has 1 amide bonds. The maximum Gasteiger partial charge on any atom is 0.264 e. The topological polar surface area (TPSA) is 144 Å². The maximum atomic E-state index is 10.6. The summed E-state index contributed by atoms with van der Waals surface area (Å²) in [4.78, 5) is 13.0. The minimum atomic E-state index is -3.28. The van der Waals surface area contributed by atoms with Crippen molar-refractivity contribution in [2.75, 3.05) is 52.4 Å². The van der Waals surface area contributed by atoms with Crippen molar-refractivity contribution in [3.8, 4) is 11.5 Å². The summed E-state index contributed by atoms with van der Waals surface area (Å²) in [6.07, 6.45) is 3.75. The van der Waals surface area contributed by atoms with E-state index < -0.39 is 21.8 Å². The molecule has 1 saturated heterocycles. The lowest BCUT2D eigenvalue weighted by Gasteiger charge is -2.18. The first-order valence-corrected chi connectivity index (χ1v) is 21.6. The van der Waals surface area contributed by atoms with E-state index in [9.17, 15) is 18.3 Å². The van der Waals surface area contributed by atoms with Crippen LogP contribution in [0.5, 0.6) is 11.5 Å². The van der Waals surface area contributed by atoms with Gasteiger partial charge in [0.15, 0.2) is 0 Å². The van der Waals surface area contributed by atoms with Crippen LogP contribution in [0.3, 0.4) is 0 Å². The molecule has 2 aromatic carbocycles. The molecule has 2 aromatic rings. The van der Waals surface area contributed by atoms with Crippen LogP contribution in [-0.2, 0) is 23.8 Å². The van der Waals surface area contributed by atoms with E-state index in [2.05, 4.69) is 74.7 Å². The van der Waals surface area contributed by atoms with Gasteiger partial charge >= 0.3 is 0 Å². The molecular formula is C45H76N2O9S. The van der Waals surface area contributed by atoms with Gasteiger partial charge in [0.05, 0.1) is 25.1 Å². The van der Waals surface area contributed by atoms with Crippen LogP contribution in [0.15, 0.2) is 66.8 Å². The second-order valence-electron chi connectivity index (χ2n) is 17.4. The van der Waals surface area contributed by atoms with E-state index in [1.54, 1.807) is 20.8 Å². The normalized spacial score (nSPS) is 13.8. The number of unbranched alkanes of at least 4 members (excludes halogenated alkanes) is 1. The summed E-state index contributed by atoms with van der Waals surface area (Å²) in [5, 5.41) is 21.8. The zero-order chi connectivity index (χ0) is 44.0. The standard InChI is InChI=1S/C27H38O5.C7H13NO.C6H13N.C5H12O3S/c1-5-6-15-30-18-24(29)19-32-26-13-9-23(10-14-26)27(20(2)3)22-7-11-25(12-8-22)31-17-21(4)16-28;1-5-6(9)8-7(2,3)4;1-6(2,3)7-4-5-7;1-5(2,3)8-9(4,6)7/h7-14,21,24,28-29H,5-6,15-19H2,1-4H3;5H,1H2,2-4H3,(H,8,9);4-5H2,1-3H3;1-4H3. The summed E-state index contributed by atoms with van der Waals surface area (Å²) < 4.78 is 42.3. The fourth-order valence-corrected chi connectivity index (χ4v) is 5.68. The molecule has 1 heterocycles. The van der Waals surface area contributed by atoms with Crippen LogP contribution in [0.2, 0.25) is 0 Å². The predicted octanol–water partition coefficient (Wildman–Crippen LogP) is 8.04. The minimum Gasteiger partial charge on any atom is -0.493 e. The second-order valence-corrected chi connectivity index (χ2v) is 19.0. The van der Waals surface area contributed by atoms with Crippen molar-refractivity contribution in [3.05, 3.63) is 77.9 Å². The van der Waals surface area contributed by atoms with Gasteiger partial charge in [-0.2, -0.15) is 8.42 Å². The van der Waals surface area contributed by atoms with E-state index in [1.807, 2.05) is 64.1 Å². The Balaban J connectivity index is 0.00000100. The number of rotatable bonds is 16. The van der Waals surface area contributed by atoms with Crippen LogP contribution in [-0.4, -0.2) is 105 Å². The Morgan fingerprint density at radius 3 is 1.63 bits per heavy atom. The fourth-order valence-electron chi connectivity index (χ4n) is 4.77. The SMILES string of the molecule is C=CC(=O)NC(C)(C)C.CC(C)(C)N1CC1.CC(C)(C)OS(C)(=O)=O.CCCCOCC(O)COc1ccc(C(=C(C)C)c2ccc(OCC(C)CO)cc2)cc1. The molecule has 0 bridgehead atoms. The van der Waals surface area contributed by atoms with E-state index in [-0.39, 0.29) is 30.6 Å². The summed E-state index contributed by atoms with van der Waals surface area (Å²) in [5.74, 6) is 1.50. The van der Waals surface area contributed by atoms with Crippen molar-refractivity contribution in [1.82, 2.24) is 10.2 Å². The molecule has 11 nitrogen and oxygen atoms in total. The minimum absolute atomic E-state index is 0.110. The molecule has 1 aliphatic heterocycles. The van der Waals surface area contributed by atoms with Crippen molar-refractivity contribution in [3.63, 3.8) is 0 Å². The van der Waals surface area contributed by atoms with Crippen molar-refractivity contribution in [2.45, 2.75) is 126 Å². The Bertz CT molecular complexity index is 1560. The number of aliphatic hydroxyl groups excluding tert-OH is 2. The maximum absolute atomic E-state index is 10.6. The number of amides is 1. The Morgan fingerprint density at radius 2 is 1.35 bits per heavy atom. The summed E-state index contributed by atoms with van der Waals surface area (Å²) in [5.41, 5.74) is 4.28. The molecule has 0 aliphatic carbocycles. The zero-order valence-corrected chi connectivity index (χ0v) is 38.3. The van der Waals surface area contributed by atoms with Crippen molar-refractivity contribution >= 4 is 21.6 Å². The summed E-state index contributed by atoms with van der Waals surface area (Å²) in [6, 6.07) is 16.0. The molecule has 326 valence electrons. The van der Waals surface area contributed by atoms with Gasteiger partial charge in [0, 0.05) is 43.3 Å². The summed E-state index contributed by atoms with van der Waals surface area (Å²) in [7, 11) is -3.28. The number of nitrogens with one attached hydrogen (secondary N) is 1. The van der Waals surface area contributed by atoms with Gasteiger partial charge in [0.2, 0.25) is 5.91 Å². The molecule has 57 heavy (non-hydrogen) atoms. The molecule has 0 radical (unpaired) electrons. The lowest BCUT2D eigenvalue weighted by atomic mass is 9.94. The fraction of sp³-hybridized carbons (Fsp3) is 0.622. The van der Waals surface area contributed by atoms with Crippen LogP contribution in [0.4, 0.5) is 0 Å². The molecule has 12 heteroatoms. The summed E-state index contributed by atoms with van der Waals surface area (Å²) >= 11 is 0. The average Bonchev–Trinajstić information content (AvgIpc) is 3.95. The number of benzene rings is 2. The number of hydrogen-bond donors (Lipinski definition) is 3. The smallest absolute Gasteiger partial charge is 0.264 e. The van der Waals surface area contributed by atoms with Crippen LogP contribution in [0.1, 0.15) is 114 Å². The van der Waals surface area contributed by atoms with E-state index in [4.69, 9.17) is 19.3 Å². The molecule has 0 spiro atoms. The molecular weight excluding hydrogens is 745 g/mol. The number of aliphatic hydroxyl groups is 2. The first-order chi connectivity index (χ1) is 26.2. The monoisotopic (exact) mass is 821 g/mol. The highest BCUT2D eigenvalue weighted by Crippen LogP contribution is 2.30. The number of carbonyl (C=O) groups excluding carboxylic acids is 1. The Morgan fingerprint density at radius 1 is 0.877 bits per heavy atom. The third kappa shape index (κ3) is 28.7. The lowest BCUT2D eigenvalue weighted by molar-refractivity contribution is -0.117. The van der Waals surface area contributed by atoms with Crippen LogP contribution < -0.4 is 14.8 Å². The number of nitrogens with zero attached hydrogens (tertiary/aromatic N) is 1. The largest absolute Gasteiger partial charge is 0.493 e. The van der Waals surface area contributed by atoms with Gasteiger partial charge in [-0.3, -0.25) is 13.9 Å². The lowest BCUT2D eigenvalue weighted by Crippen LogP contribution is -2.39.